The molecular formula is C102H116Cl3N15O13. The van der Waals surface area contributed by atoms with Crippen molar-refractivity contribution in [1.82, 2.24) is 73.2 Å². The molecule has 8 heterocycles. The number of morpholine rings is 1. The third-order valence-corrected chi connectivity index (χ3v) is 25.2. The predicted molar refractivity (Wildman–Crippen MR) is 520 cm³/mol. The first-order chi connectivity index (χ1) is 64.5. The summed E-state index contributed by atoms with van der Waals surface area (Å²) in [4.78, 5) is 114. The van der Waals surface area contributed by atoms with Gasteiger partial charge in [0, 0.05) is 146 Å². The molecule has 3 aromatic heterocycles. The maximum Gasteiger partial charge on any atom is 0.266 e. The number of ether oxygens (including phenoxy) is 7. The lowest BCUT2D eigenvalue weighted by Gasteiger charge is -2.38. The zero-order valence-electron chi connectivity index (χ0n) is 76.6. The van der Waals surface area contributed by atoms with Crippen molar-refractivity contribution < 1.29 is 47.5 Å². The first-order valence-corrected chi connectivity index (χ1v) is 46.9. The number of fused-ring (bicyclic) bond motifs is 3. The quantitative estimate of drug-likeness (QED) is 0.0478. The molecule has 12 aromatic rings. The Morgan fingerprint density at radius 2 is 0.692 bits per heavy atom. The highest BCUT2D eigenvalue weighted by atomic mass is 35.5. The lowest BCUT2D eigenvalue weighted by Crippen LogP contribution is -2.51. The van der Waals surface area contributed by atoms with Crippen LogP contribution in [-0.2, 0) is 32.2 Å². The summed E-state index contributed by atoms with van der Waals surface area (Å²) in [5.74, 6) is 5.44. The van der Waals surface area contributed by atoms with E-state index in [-0.39, 0.29) is 84.6 Å². The topological polar surface area (TPSA) is 258 Å². The first-order valence-electron chi connectivity index (χ1n) is 45.8. The maximum atomic E-state index is 14.4. The van der Waals surface area contributed by atoms with Crippen molar-refractivity contribution in [2.45, 2.75) is 98.8 Å². The summed E-state index contributed by atoms with van der Waals surface area (Å²) in [5, 5.41) is 6.92. The molecule has 3 amide bonds. The van der Waals surface area contributed by atoms with E-state index in [4.69, 9.17) is 82.9 Å². The van der Waals surface area contributed by atoms with Gasteiger partial charge in [-0.1, -0.05) is 95.5 Å². The smallest absolute Gasteiger partial charge is 0.266 e. The Kier molecular flexibility index (Phi) is 32.6. The van der Waals surface area contributed by atoms with Crippen LogP contribution in [0.1, 0.15) is 102 Å². The summed E-state index contributed by atoms with van der Waals surface area (Å²) >= 11 is 17.8. The van der Waals surface area contributed by atoms with E-state index in [9.17, 15) is 28.8 Å². The van der Waals surface area contributed by atoms with E-state index >= 15 is 0 Å². The molecule has 3 atom stereocenters. The van der Waals surface area contributed by atoms with Gasteiger partial charge in [0.25, 0.3) is 34.4 Å². The number of nitrogens with one attached hydrogen (secondary N) is 1. The van der Waals surface area contributed by atoms with E-state index in [0.29, 0.717) is 215 Å². The number of carbonyl (C=O) groups excluding carboxylic acids is 3. The van der Waals surface area contributed by atoms with Crippen LogP contribution in [0.3, 0.4) is 0 Å². The number of carbonyl (C=O) groups is 3. The Bertz CT molecular complexity index is 5930. The van der Waals surface area contributed by atoms with Gasteiger partial charge in [-0.25, -0.2) is 15.0 Å². The molecule has 0 radical (unpaired) electrons. The van der Waals surface area contributed by atoms with Crippen LogP contribution in [0.4, 0.5) is 0 Å². The van der Waals surface area contributed by atoms with Crippen molar-refractivity contribution in [1.29, 1.82) is 0 Å². The number of amides is 3. The fourth-order valence-electron chi connectivity index (χ4n) is 17.3. The highest BCUT2D eigenvalue weighted by molar-refractivity contribution is 6.31. The van der Waals surface area contributed by atoms with Crippen LogP contribution in [0, 0.1) is 0 Å². The average Bonchev–Trinajstić information content (AvgIpc) is 0.764. The minimum Gasteiger partial charge on any atom is -0.492 e. The van der Waals surface area contributed by atoms with Crippen molar-refractivity contribution in [3.05, 3.63) is 281 Å². The minimum absolute atomic E-state index is 0.0306. The van der Waals surface area contributed by atoms with Crippen molar-refractivity contribution >= 4 is 85.2 Å². The van der Waals surface area contributed by atoms with E-state index in [0.717, 1.165) is 63.5 Å². The van der Waals surface area contributed by atoms with E-state index in [1.807, 2.05) is 152 Å². The van der Waals surface area contributed by atoms with Crippen molar-refractivity contribution in [2.24, 2.45) is 0 Å². The van der Waals surface area contributed by atoms with Crippen LogP contribution in [0.2, 0.25) is 15.1 Å². The molecule has 9 aromatic carbocycles. The highest BCUT2D eigenvalue weighted by Crippen LogP contribution is 2.36. The van der Waals surface area contributed by atoms with Crippen molar-refractivity contribution in [2.75, 3.05) is 157 Å². The van der Waals surface area contributed by atoms with Crippen molar-refractivity contribution in [3.8, 4) is 51.6 Å². The molecule has 1 N–H and O–H groups in total. The van der Waals surface area contributed by atoms with Crippen molar-refractivity contribution in [3.63, 3.8) is 0 Å². The van der Waals surface area contributed by atoms with Gasteiger partial charge >= 0.3 is 0 Å². The number of hydrogen-bond acceptors (Lipinski definition) is 22. The van der Waals surface area contributed by atoms with Gasteiger partial charge in [0.2, 0.25) is 0 Å². The molecule has 5 fully saturated rings. The molecule has 3 unspecified atom stereocenters. The van der Waals surface area contributed by atoms with Gasteiger partial charge in [0.05, 0.1) is 99.9 Å². The lowest BCUT2D eigenvalue weighted by molar-refractivity contribution is -0.136. The van der Waals surface area contributed by atoms with Crippen LogP contribution in [0.5, 0.6) is 34.5 Å². The van der Waals surface area contributed by atoms with Gasteiger partial charge in [0.15, 0.2) is 19.8 Å². The summed E-state index contributed by atoms with van der Waals surface area (Å²) in [6.07, 6.45) is -0.162. The van der Waals surface area contributed by atoms with E-state index in [1.54, 1.807) is 92.6 Å². The average molecular weight is 1870 g/mol. The fourth-order valence-corrected chi connectivity index (χ4v) is 17.7. The van der Waals surface area contributed by atoms with Gasteiger partial charge in [-0.3, -0.25) is 67.0 Å². The summed E-state index contributed by atoms with van der Waals surface area (Å²) in [7, 11) is 0. The number of nitrogens with zero attached hydrogens (tertiary/aromatic N) is 14. The standard InChI is InChI=1S/C36H43ClN6O4.C36H42ClN5O5.C30H31ClN4O4/c1-25(2)47-33-13-8-27(23-40-16-14-38-15-17-40)22-32(33)43-35(39-31-7-5-4-6-30(31)36(43)45)26(3)41-18-20-42(21-19-41)34(44)24-46-29-11-9-28(37)10-12-29;1-25(2)47-33-13-8-27(23-39-18-20-45-21-19-39)22-32(33)42-35(38-31-7-5-4-6-30(31)36(42)44)26(3)40-14-16-41(17-15-40)34(43)24-46-29-11-9-28(37)10-12-29;1-3-38-27-11-7-6-10-26(27)35-29(32-25-9-5-4-8-24(25)30(35)37)21(2)33-16-18-34(19-17-33)28(36)20-39-23-14-12-22(31)13-15-23/h4-13,22,25-26,38H,14-21,23-24H2,1-3H3;4-13,22,25-26H,14-21,23-24H2,1-3H3;4-15,21H,3,16-20H2,1-2H3. The number of para-hydroxylation sites is 5. The lowest BCUT2D eigenvalue weighted by atomic mass is 10.1. The second-order valence-electron chi connectivity index (χ2n) is 34.1. The molecule has 0 bridgehead atoms. The summed E-state index contributed by atoms with van der Waals surface area (Å²) in [6, 6.07) is 62.5. The summed E-state index contributed by atoms with van der Waals surface area (Å²) < 4.78 is 46.3. The predicted octanol–water partition coefficient (Wildman–Crippen LogP) is 14.2. The molecule has 17 rings (SSSR count). The molecule has 31 heteroatoms. The molecule has 28 nitrogen and oxygen atoms in total. The molecule has 5 saturated heterocycles. The molecular weight excluding hydrogens is 1750 g/mol. The fraction of sp³-hybridized carbons (Fsp3) is 0.382. The summed E-state index contributed by atoms with van der Waals surface area (Å²) in [6.45, 7) is 32.1. The Balaban J connectivity index is 0.000000153. The van der Waals surface area contributed by atoms with Gasteiger partial charge < -0.3 is 53.2 Å². The minimum atomic E-state index is -0.218. The van der Waals surface area contributed by atoms with Crippen LogP contribution >= 0.6 is 34.8 Å². The number of piperazine rings is 4. The number of hydrogen-bond donors (Lipinski definition) is 1. The molecule has 0 saturated carbocycles. The van der Waals surface area contributed by atoms with Crippen LogP contribution < -0.4 is 50.4 Å². The molecule has 133 heavy (non-hydrogen) atoms. The Hall–Kier alpha value is -11.8. The number of benzene rings is 9. The first kappa shape index (κ1) is 95.8. The monoisotopic (exact) mass is 1860 g/mol. The van der Waals surface area contributed by atoms with E-state index in [2.05, 4.69) is 74.9 Å². The van der Waals surface area contributed by atoms with E-state index < -0.39 is 0 Å². The second kappa shape index (κ2) is 45.3. The SMILES string of the molecule is CC(C)Oc1ccc(CN2CCNCC2)cc1-n1c(C(C)N2CCN(C(=O)COc3ccc(Cl)cc3)CC2)nc2ccccc2c1=O.CC(C)Oc1ccc(CN2CCOCC2)cc1-n1c(C(C)N2CCN(C(=O)COc3ccc(Cl)cc3)CC2)nc2ccccc2c1=O.CCOc1ccccc1-n1c(C(C)N2CCN(C(=O)COc3ccc(Cl)cc3)CC2)nc2ccccc2c1=O. The number of halogens is 3. The Morgan fingerprint density at radius 1 is 0.368 bits per heavy atom. The van der Waals surface area contributed by atoms with Gasteiger partial charge in [0.1, 0.15) is 52.0 Å². The van der Waals surface area contributed by atoms with Gasteiger partial charge in [-0.05, 0) is 212 Å². The molecule has 698 valence electrons. The maximum absolute atomic E-state index is 14.4. The number of aromatic nitrogens is 6. The molecule has 0 spiro atoms. The van der Waals surface area contributed by atoms with Crippen LogP contribution in [-0.4, -0.2) is 255 Å². The largest absolute Gasteiger partial charge is 0.492 e. The Labute approximate surface area is 789 Å². The van der Waals surface area contributed by atoms with Crippen LogP contribution in [0.25, 0.3) is 49.8 Å². The van der Waals surface area contributed by atoms with Gasteiger partial charge in [-0.2, -0.15) is 0 Å². The van der Waals surface area contributed by atoms with Crippen LogP contribution in [0.15, 0.2) is 221 Å². The number of rotatable bonds is 28. The molecule has 0 aliphatic carbocycles. The summed E-state index contributed by atoms with van der Waals surface area (Å²) in [5.41, 5.74) is 5.82. The Morgan fingerprint density at radius 3 is 1.04 bits per heavy atom. The third kappa shape index (κ3) is 24.1. The third-order valence-electron chi connectivity index (χ3n) is 24.5. The van der Waals surface area contributed by atoms with E-state index in [1.165, 1.54) is 0 Å². The zero-order valence-corrected chi connectivity index (χ0v) is 78.9. The molecule has 5 aliphatic heterocycles. The highest BCUT2D eigenvalue weighted by Gasteiger charge is 2.35. The second-order valence-corrected chi connectivity index (χ2v) is 35.5. The molecule has 5 aliphatic rings. The normalized spacial score (nSPS) is 16.2. The van der Waals surface area contributed by atoms with Gasteiger partial charge in [-0.15, -0.1) is 0 Å². The zero-order chi connectivity index (χ0) is 93.2.